The van der Waals surface area contributed by atoms with Gasteiger partial charge in [0.1, 0.15) is 5.75 Å². The molecule has 108 valence electrons. The zero-order valence-corrected chi connectivity index (χ0v) is 12.6. The predicted molar refractivity (Wildman–Crippen MR) is 84.0 cm³/mol. The summed E-state index contributed by atoms with van der Waals surface area (Å²) in [6.07, 6.45) is 0. The fraction of sp³-hybridized carbons (Fsp3) is 0.278. The number of rotatable bonds is 3. The van der Waals surface area contributed by atoms with Gasteiger partial charge in [0, 0.05) is 11.3 Å². The van der Waals surface area contributed by atoms with Gasteiger partial charge in [-0.2, -0.15) is 0 Å². The van der Waals surface area contributed by atoms with Crippen molar-refractivity contribution in [1.82, 2.24) is 0 Å². The molecule has 0 atom stereocenters. The van der Waals surface area contributed by atoms with E-state index in [-0.39, 0.29) is 5.91 Å². The minimum atomic E-state index is 0.0601. The third-order valence-electron chi connectivity index (χ3n) is 3.99. The molecule has 0 saturated carbocycles. The Morgan fingerprint density at radius 3 is 2.43 bits per heavy atom. The van der Waals surface area contributed by atoms with Crippen LogP contribution in [-0.2, 0) is 6.54 Å². The van der Waals surface area contributed by atoms with E-state index in [4.69, 9.17) is 4.74 Å². The van der Waals surface area contributed by atoms with Crippen molar-refractivity contribution in [2.24, 2.45) is 0 Å². The van der Waals surface area contributed by atoms with Gasteiger partial charge >= 0.3 is 0 Å². The van der Waals surface area contributed by atoms with Crippen LogP contribution < -0.4 is 9.64 Å². The lowest BCUT2D eigenvalue weighted by molar-refractivity contribution is 0.0996. The van der Waals surface area contributed by atoms with Crippen molar-refractivity contribution in [3.63, 3.8) is 0 Å². The molecule has 0 fully saturated rings. The number of carbonyl (C=O) groups is 1. The van der Waals surface area contributed by atoms with Crippen LogP contribution >= 0.6 is 0 Å². The van der Waals surface area contributed by atoms with Gasteiger partial charge in [-0.1, -0.05) is 26.0 Å². The van der Waals surface area contributed by atoms with Gasteiger partial charge in [-0.25, -0.2) is 0 Å². The molecule has 2 aromatic rings. The van der Waals surface area contributed by atoms with Crippen LogP contribution in [0.4, 0.5) is 5.69 Å². The third kappa shape index (κ3) is 2.40. The summed E-state index contributed by atoms with van der Waals surface area (Å²) in [5, 5.41) is 0. The van der Waals surface area contributed by atoms with E-state index < -0.39 is 0 Å². The Balaban J connectivity index is 1.90. The fourth-order valence-corrected chi connectivity index (χ4v) is 2.67. The van der Waals surface area contributed by atoms with Gasteiger partial charge in [0.2, 0.25) is 0 Å². The largest absolute Gasteiger partial charge is 0.497 e. The van der Waals surface area contributed by atoms with Crippen molar-refractivity contribution in [2.45, 2.75) is 26.3 Å². The van der Waals surface area contributed by atoms with Crippen LogP contribution in [0.25, 0.3) is 0 Å². The molecule has 1 aliphatic rings. The van der Waals surface area contributed by atoms with Gasteiger partial charge in [0.25, 0.3) is 5.91 Å². The molecule has 0 aliphatic carbocycles. The monoisotopic (exact) mass is 281 g/mol. The number of hydrogen-bond acceptors (Lipinski definition) is 2. The number of carbonyl (C=O) groups excluding carboxylic acids is 1. The first-order valence-electron chi connectivity index (χ1n) is 7.19. The highest BCUT2D eigenvalue weighted by molar-refractivity contribution is 6.10. The maximum atomic E-state index is 12.5. The lowest BCUT2D eigenvalue weighted by Crippen LogP contribution is -2.22. The average Bonchev–Trinajstić information content (AvgIpc) is 2.83. The van der Waals surface area contributed by atoms with Crippen LogP contribution in [0.1, 0.15) is 41.3 Å². The Labute approximate surface area is 125 Å². The van der Waals surface area contributed by atoms with Gasteiger partial charge in [-0.15, -0.1) is 0 Å². The van der Waals surface area contributed by atoms with E-state index in [2.05, 4.69) is 26.0 Å². The number of methoxy groups -OCH3 is 1. The van der Waals surface area contributed by atoms with Gasteiger partial charge < -0.3 is 9.64 Å². The molecule has 0 spiro atoms. The summed E-state index contributed by atoms with van der Waals surface area (Å²) in [4.78, 5) is 14.3. The molecule has 0 saturated heterocycles. The van der Waals surface area contributed by atoms with E-state index in [0.717, 1.165) is 22.6 Å². The zero-order valence-electron chi connectivity index (χ0n) is 12.6. The Kier molecular flexibility index (Phi) is 3.42. The summed E-state index contributed by atoms with van der Waals surface area (Å²) in [7, 11) is 1.64. The van der Waals surface area contributed by atoms with E-state index in [1.807, 2.05) is 35.2 Å². The molecule has 0 radical (unpaired) electrons. The number of benzene rings is 2. The maximum absolute atomic E-state index is 12.5. The quantitative estimate of drug-likeness (QED) is 0.851. The van der Waals surface area contributed by atoms with Gasteiger partial charge in [0.05, 0.1) is 13.7 Å². The first-order chi connectivity index (χ1) is 10.1. The number of fused-ring (bicyclic) bond motifs is 1. The van der Waals surface area contributed by atoms with Crippen LogP contribution in [0, 0.1) is 0 Å². The lowest BCUT2D eigenvalue weighted by Gasteiger charge is -2.16. The van der Waals surface area contributed by atoms with Gasteiger partial charge in [0.15, 0.2) is 0 Å². The molecule has 3 rings (SSSR count). The highest BCUT2D eigenvalue weighted by Gasteiger charge is 2.28. The molecular weight excluding hydrogens is 262 g/mol. The first-order valence-corrected chi connectivity index (χ1v) is 7.19. The van der Waals surface area contributed by atoms with E-state index in [0.29, 0.717) is 12.5 Å². The minimum Gasteiger partial charge on any atom is -0.497 e. The van der Waals surface area contributed by atoms with Crippen molar-refractivity contribution >= 4 is 11.6 Å². The standard InChI is InChI=1S/C18H19NO2/c1-12(2)13-4-6-15(7-5-13)19-11-14-10-16(21-3)8-9-17(14)18(19)20/h4-10,12H,11H2,1-3H3. The summed E-state index contributed by atoms with van der Waals surface area (Å²) in [5.41, 5.74) is 4.01. The Morgan fingerprint density at radius 1 is 1.10 bits per heavy atom. The molecule has 0 bridgehead atoms. The topological polar surface area (TPSA) is 29.5 Å². The summed E-state index contributed by atoms with van der Waals surface area (Å²) in [5.74, 6) is 1.35. The highest BCUT2D eigenvalue weighted by Crippen LogP contribution is 2.31. The van der Waals surface area contributed by atoms with E-state index in [9.17, 15) is 4.79 Å². The maximum Gasteiger partial charge on any atom is 0.258 e. The molecule has 0 N–H and O–H groups in total. The summed E-state index contributed by atoms with van der Waals surface area (Å²) < 4.78 is 5.23. The van der Waals surface area contributed by atoms with E-state index >= 15 is 0 Å². The molecule has 0 unspecified atom stereocenters. The average molecular weight is 281 g/mol. The van der Waals surface area contributed by atoms with Crippen LogP contribution in [-0.4, -0.2) is 13.0 Å². The van der Waals surface area contributed by atoms with Gasteiger partial charge in [-0.3, -0.25) is 4.79 Å². The van der Waals surface area contributed by atoms with E-state index in [1.165, 1.54) is 5.56 Å². The van der Waals surface area contributed by atoms with Crippen molar-refractivity contribution < 1.29 is 9.53 Å². The molecule has 1 amide bonds. The van der Waals surface area contributed by atoms with Crippen molar-refractivity contribution in [2.75, 3.05) is 12.0 Å². The zero-order chi connectivity index (χ0) is 15.0. The first kappa shape index (κ1) is 13.7. The predicted octanol–water partition coefficient (Wildman–Crippen LogP) is 3.98. The van der Waals surface area contributed by atoms with Crippen LogP contribution in [0.15, 0.2) is 42.5 Å². The number of ether oxygens (including phenoxy) is 1. The summed E-state index contributed by atoms with van der Waals surface area (Å²) in [6, 6.07) is 13.9. The molecule has 1 heterocycles. The highest BCUT2D eigenvalue weighted by atomic mass is 16.5. The summed E-state index contributed by atoms with van der Waals surface area (Å²) >= 11 is 0. The van der Waals surface area contributed by atoms with Gasteiger partial charge in [-0.05, 0) is 47.4 Å². The Hall–Kier alpha value is -2.29. The number of anilines is 1. The SMILES string of the molecule is COc1ccc2c(c1)CN(c1ccc(C(C)C)cc1)C2=O. The molecule has 3 nitrogen and oxygen atoms in total. The fourth-order valence-electron chi connectivity index (χ4n) is 2.67. The van der Waals surface area contributed by atoms with Crippen molar-refractivity contribution in [3.8, 4) is 5.75 Å². The Morgan fingerprint density at radius 2 is 1.81 bits per heavy atom. The Bertz CT molecular complexity index is 674. The summed E-state index contributed by atoms with van der Waals surface area (Å²) in [6.45, 7) is 4.93. The minimum absolute atomic E-state index is 0.0601. The molecule has 21 heavy (non-hydrogen) atoms. The van der Waals surface area contributed by atoms with E-state index in [1.54, 1.807) is 7.11 Å². The molecule has 3 heteroatoms. The molecule has 0 aromatic heterocycles. The van der Waals surface area contributed by atoms with Crippen molar-refractivity contribution in [1.29, 1.82) is 0 Å². The third-order valence-corrected chi connectivity index (χ3v) is 3.99. The molecule has 1 aliphatic heterocycles. The number of amides is 1. The second-order valence-electron chi connectivity index (χ2n) is 5.66. The van der Waals surface area contributed by atoms with Crippen LogP contribution in [0.2, 0.25) is 0 Å². The smallest absolute Gasteiger partial charge is 0.258 e. The second-order valence-corrected chi connectivity index (χ2v) is 5.66. The second kappa shape index (κ2) is 5.24. The normalized spacial score (nSPS) is 13.7. The molecular formula is C18H19NO2. The molecule has 2 aromatic carbocycles. The lowest BCUT2D eigenvalue weighted by atomic mass is 10.0. The van der Waals surface area contributed by atoms with Crippen molar-refractivity contribution in [3.05, 3.63) is 59.2 Å². The number of nitrogens with zero attached hydrogens (tertiary/aromatic N) is 1. The van der Waals surface area contributed by atoms with Crippen LogP contribution in [0.5, 0.6) is 5.75 Å². The van der Waals surface area contributed by atoms with Crippen LogP contribution in [0.3, 0.4) is 0 Å². The number of hydrogen-bond donors (Lipinski definition) is 0.